The maximum atomic E-state index is 12.4. The zero-order chi connectivity index (χ0) is 15.1. The molecule has 0 saturated carbocycles. The largest absolute Gasteiger partial charge is 0.445 e. The van der Waals surface area contributed by atoms with E-state index in [2.05, 4.69) is 10.2 Å². The van der Waals surface area contributed by atoms with Crippen LogP contribution in [0.15, 0.2) is 27.4 Å². The Balaban J connectivity index is 2.53. The van der Waals surface area contributed by atoms with E-state index in [1.807, 2.05) is 0 Å². The summed E-state index contributed by atoms with van der Waals surface area (Å²) in [4.78, 5) is -0.0834. The Morgan fingerprint density at radius 3 is 2.05 bits per heavy atom. The monoisotopic (exact) mass is 322 g/mol. The van der Waals surface area contributed by atoms with E-state index in [1.165, 1.54) is 12.1 Å². The van der Waals surface area contributed by atoms with E-state index in [-0.39, 0.29) is 16.2 Å². The molecule has 0 N–H and O–H groups in total. The first-order valence-electron chi connectivity index (χ1n) is 5.35. The van der Waals surface area contributed by atoms with E-state index in [0.717, 1.165) is 0 Å². The zero-order valence-electron chi connectivity index (χ0n) is 10.4. The maximum absolute atomic E-state index is 12.4. The second-order valence-electron chi connectivity index (χ2n) is 4.20. The van der Waals surface area contributed by atoms with Crippen molar-refractivity contribution in [1.82, 2.24) is 10.2 Å². The lowest BCUT2D eigenvalue weighted by molar-refractivity contribution is -0.138. The predicted molar refractivity (Wildman–Crippen MR) is 66.3 cm³/mol. The van der Waals surface area contributed by atoms with Crippen LogP contribution in [0, 0.1) is 13.8 Å². The van der Waals surface area contributed by atoms with Crippen LogP contribution in [0.1, 0.15) is 16.1 Å². The van der Waals surface area contributed by atoms with Crippen molar-refractivity contribution in [1.29, 1.82) is 0 Å². The summed E-state index contributed by atoms with van der Waals surface area (Å²) >= 11 is 0.0181. The SMILES string of the molecule is Cc1cc(C)cc(S(=O)(=O)c2nnc(C(F)(F)F)s2)c1. The molecule has 0 spiro atoms. The number of hydrogen-bond donors (Lipinski definition) is 0. The predicted octanol–water partition coefficient (Wildman–Crippen LogP) is 3.01. The highest BCUT2D eigenvalue weighted by molar-refractivity contribution is 7.93. The Bertz CT molecular complexity index is 731. The van der Waals surface area contributed by atoms with Gasteiger partial charge in [0.1, 0.15) is 0 Å². The maximum Gasteiger partial charge on any atom is 0.445 e. The first kappa shape index (κ1) is 14.9. The fourth-order valence-corrected chi connectivity index (χ4v) is 4.06. The number of aromatic nitrogens is 2. The van der Waals surface area contributed by atoms with Gasteiger partial charge in [0.15, 0.2) is 0 Å². The van der Waals surface area contributed by atoms with E-state index in [0.29, 0.717) is 11.1 Å². The van der Waals surface area contributed by atoms with E-state index in [9.17, 15) is 21.6 Å². The average Bonchev–Trinajstić information content (AvgIpc) is 2.76. The highest BCUT2D eigenvalue weighted by Crippen LogP contribution is 2.34. The van der Waals surface area contributed by atoms with Crippen molar-refractivity contribution in [2.75, 3.05) is 0 Å². The van der Waals surface area contributed by atoms with Crippen molar-refractivity contribution >= 4 is 21.2 Å². The lowest BCUT2D eigenvalue weighted by Crippen LogP contribution is -2.03. The van der Waals surface area contributed by atoms with Crippen LogP contribution in [0.2, 0.25) is 0 Å². The van der Waals surface area contributed by atoms with Crippen molar-refractivity contribution < 1.29 is 21.6 Å². The fourth-order valence-electron chi connectivity index (χ4n) is 1.62. The number of sulfone groups is 1. The number of rotatable bonds is 2. The Hall–Kier alpha value is -1.48. The molecule has 4 nitrogen and oxygen atoms in total. The Morgan fingerprint density at radius 2 is 1.60 bits per heavy atom. The molecule has 0 aliphatic heterocycles. The first-order valence-corrected chi connectivity index (χ1v) is 7.65. The summed E-state index contributed by atoms with van der Waals surface area (Å²) in [7, 11) is -4.08. The summed E-state index contributed by atoms with van der Waals surface area (Å²) in [6.45, 7) is 3.40. The lowest BCUT2D eigenvalue weighted by Gasteiger charge is -2.03. The molecule has 1 heterocycles. The third kappa shape index (κ3) is 2.83. The number of nitrogens with zero attached hydrogens (tertiary/aromatic N) is 2. The molecule has 0 fully saturated rings. The summed E-state index contributed by atoms with van der Waals surface area (Å²) in [6, 6.07) is 4.54. The van der Waals surface area contributed by atoms with Gasteiger partial charge in [-0.05, 0) is 37.1 Å². The molecular formula is C11H9F3N2O2S2. The van der Waals surface area contributed by atoms with Gasteiger partial charge < -0.3 is 0 Å². The van der Waals surface area contributed by atoms with Crippen LogP contribution in [-0.2, 0) is 16.0 Å². The van der Waals surface area contributed by atoms with Gasteiger partial charge in [-0.2, -0.15) is 13.2 Å². The molecule has 1 aromatic heterocycles. The number of hydrogen-bond acceptors (Lipinski definition) is 5. The van der Waals surface area contributed by atoms with Crippen LogP contribution in [0.25, 0.3) is 0 Å². The standard InChI is InChI=1S/C11H9F3N2O2S2/c1-6-3-7(2)5-8(4-6)20(17,18)10-16-15-9(19-10)11(12,13)14/h3-5H,1-2H3. The molecule has 2 aromatic rings. The summed E-state index contributed by atoms with van der Waals surface area (Å²) in [6.07, 6.45) is -4.70. The Kier molecular flexibility index (Phi) is 3.59. The fraction of sp³-hybridized carbons (Fsp3) is 0.273. The highest BCUT2D eigenvalue weighted by Gasteiger charge is 2.37. The second kappa shape index (κ2) is 4.81. The molecule has 1 aromatic carbocycles. The van der Waals surface area contributed by atoms with Gasteiger partial charge in [-0.3, -0.25) is 0 Å². The summed E-state index contributed by atoms with van der Waals surface area (Å²) in [5.41, 5.74) is 1.40. The summed E-state index contributed by atoms with van der Waals surface area (Å²) in [5.74, 6) is 0. The van der Waals surface area contributed by atoms with Crippen LogP contribution in [-0.4, -0.2) is 18.6 Å². The zero-order valence-corrected chi connectivity index (χ0v) is 12.0. The van der Waals surface area contributed by atoms with Crippen LogP contribution < -0.4 is 0 Å². The molecular weight excluding hydrogens is 313 g/mol. The molecule has 108 valence electrons. The van der Waals surface area contributed by atoms with Gasteiger partial charge in [-0.15, -0.1) is 10.2 Å². The third-order valence-corrected chi connectivity index (χ3v) is 5.45. The number of alkyl halides is 3. The first-order chi connectivity index (χ1) is 9.10. The number of aryl methyl sites for hydroxylation is 2. The molecule has 9 heteroatoms. The summed E-state index contributed by atoms with van der Waals surface area (Å²) < 4.78 is 61.1. The van der Waals surface area contributed by atoms with Gasteiger partial charge in [-0.25, -0.2) is 8.42 Å². The molecule has 0 atom stereocenters. The van der Waals surface area contributed by atoms with Gasteiger partial charge in [0.05, 0.1) is 4.90 Å². The van der Waals surface area contributed by atoms with Gasteiger partial charge in [0.2, 0.25) is 19.2 Å². The molecule has 0 aliphatic carbocycles. The van der Waals surface area contributed by atoms with Gasteiger partial charge in [0.25, 0.3) is 0 Å². The smallest absolute Gasteiger partial charge is 0.216 e. The van der Waals surface area contributed by atoms with Crippen molar-refractivity contribution in [3.8, 4) is 0 Å². The van der Waals surface area contributed by atoms with Crippen molar-refractivity contribution in [2.24, 2.45) is 0 Å². The number of halogens is 3. The lowest BCUT2D eigenvalue weighted by atomic mass is 10.2. The molecule has 0 saturated heterocycles. The Morgan fingerprint density at radius 1 is 1.05 bits per heavy atom. The van der Waals surface area contributed by atoms with E-state index in [1.54, 1.807) is 19.9 Å². The van der Waals surface area contributed by atoms with Gasteiger partial charge in [0, 0.05) is 0 Å². The van der Waals surface area contributed by atoms with Crippen LogP contribution >= 0.6 is 11.3 Å². The summed E-state index contributed by atoms with van der Waals surface area (Å²) in [5, 5.41) is 4.76. The van der Waals surface area contributed by atoms with Gasteiger partial charge >= 0.3 is 6.18 Å². The highest BCUT2D eigenvalue weighted by atomic mass is 32.2. The topological polar surface area (TPSA) is 59.9 Å². The molecule has 0 unspecified atom stereocenters. The van der Waals surface area contributed by atoms with Gasteiger partial charge in [-0.1, -0.05) is 17.4 Å². The average molecular weight is 322 g/mol. The number of benzene rings is 1. The second-order valence-corrected chi connectivity index (χ2v) is 7.30. The van der Waals surface area contributed by atoms with Crippen molar-refractivity contribution in [3.05, 3.63) is 34.3 Å². The van der Waals surface area contributed by atoms with E-state index >= 15 is 0 Å². The van der Waals surface area contributed by atoms with Crippen molar-refractivity contribution in [3.63, 3.8) is 0 Å². The minimum absolute atomic E-state index is 0.0181. The van der Waals surface area contributed by atoms with Crippen LogP contribution in [0.5, 0.6) is 0 Å². The van der Waals surface area contributed by atoms with E-state index < -0.39 is 25.4 Å². The molecule has 0 aliphatic rings. The molecule has 0 radical (unpaired) electrons. The van der Waals surface area contributed by atoms with E-state index in [4.69, 9.17) is 0 Å². The minimum atomic E-state index is -4.70. The molecule has 0 amide bonds. The van der Waals surface area contributed by atoms with Crippen LogP contribution in [0.3, 0.4) is 0 Å². The molecule has 20 heavy (non-hydrogen) atoms. The molecule has 0 bridgehead atoms. The normalized spacial score (nSPS) is 12.7. The van der Waals surface area contributed by atoms with Crippen LogP contribution in [0.4, 0.5) is 13.2 Å². The van der Waals surface area contributed by atoms with Crippen molar-refractivity contribution in [2.45, 2.75) is 29.3 Å². The minimum Gasteiger partial charge on any atom is -0.216 e. The third-order valence-electron chi connectivity index (χ3n) is 2.38. The molecule has 2 rings (SSSR count). The Labute approximate surface area is 117 Å². The quantitative estimate of drug-likeness (QED) is 0.853.